The molecule has 1 aromatic carbocycles. The zero-order valence-corrected chi connectivity index (χ0v) is 11.6. The molecule has 3 aromatic rings. The minimum Gasteiger partial charge on any atom is -0.328 e. The predicted octanol–water partition coefficient (Wildman–Crippen LogP) is 4.31. The lowest BCUT2D eigenvalue weighted by Crippen LogP contribution is -2.04. The van der Waals surface area contributed by atoms with Crippen LogP contribution in [0.2, 0.25) is 5.15 Å². The van der Waals surface area contributed by atoms with Crippen molar-refractivity contribution in [1.82, 2.24) is 14.5 Å². The van der Waals surface area contributed by atoms with Crippen molar-refractivity contribution in [2.24, 2.45) is 7.05 Å². The van der Waals surface area contributed by atoms with Gasteiger partial charge in [-0.1, -0.05) is 23.7 Å². The highest BCUT2D eigenvalue weighted by atomic mass is 35.5. The van der Waals surface area contributed by atoms with Crippen molar-refractivity contribution in [2.45, 2.75) is 6.18 Å². The first-order valence-corrected chi connectivity index (χ1v) is 6.39. The Bertz CT molecular complexity index is 807. The van der Waals surface area contributed by atoms with Crippen LogP contribution in [-0.4, -0.2) is 14.5 Å². The van der Waals surface area contributed by atoms with E-state index in [0.717, 1.165) is 17.8 Å². The molecule has 2 heterocycles. The highest BCUT2D eigenvalue weighted by Gasteiger charge is 2.30. The van der Waals surface area contributed by atoms with Crippen molar-refractivity contribution in [3.63, 3.8) is 0 Å². The Labute approximate surface area is 123 Å². The normalized spacial score (nSPS) is 12.0. The molecule has 7 heteroatoms. The Hall–Kier alpha value is -2.08. The van der Waals surface area contributed by atoms with Crippen molar-refractivity contribution in [1.29, 1.82) is 0 Å². The summed E-state index contributed by atoms with van der Waals surface area (Å²) in [5, 5.41) is 0.977. The summed E-state index contributed by atoms with van der Waals surface area (Å²) >= 11 is 6.00. The molecular weight excluding hydrogens is 303 g/mol. The third-order valence-corrected chi connectivity index (χ3v) is 3.58. The first-order chi connectivity index (χ1) is 9.88. The Morgan fingerprint density at radius 2 is 1.76 bits per heavy atom. The summed E-state index contributed by atoms with van der Waals surface area (Å²) in [6.07, 6.45) is -2.99. The van der Waals surface area contributed by atoms with Gasteiger partial charge in [0.25, 0.3) is 0 Å². The van der Waals surface area contributed by atoms with Gasteiger partial charge in [-0.25, -0.2) is 9.97 Å². The molecule has 0 aliphatic carbocycles. The van der Waals surface area contributed by atoms with E-state index in [9.17, 15) is 13.2 Å². The van der Waals surface area contributed by atoms with E-state index in [2.05, 4.69) is 9.97 Å². The van der Waals surface area contributed by atoms with Gasteiger partial charge >= 0.3 is 6.18 Å². The molecule has 2 aromatic heterocycles. The van der Waals surface area contributed by atoms with Crippen molar-refractivity contribution in [3.05, 3.63) is 47.4 Å². The molecule has 0 saturated carbocycles. The number of hydrogen-bond donors (Lipinski definition) is 0. The van der Waals surface area contributed by atoms with Gasteiger partial charge in [0.1, 0.15) is 17.1 Å². The molecule has 0 unspecified atom stereocenters. The third kappa shape index (κ3) is 2.35. The number of aromatic nitrogens is 3. The molecule has 0 spiro atoms. The molecule has 3 nitrogen and oxygen atoms in total. The van der Waals surface area contributed by atoms with Crippen LogP contribution in [0.5, 0.6) is 0 Å². The molecule has 108 valence electrons. The van der Waals surface area contributed by atoms with Gasteiger partial charge in [-0.3, -0.25) is 0 Å². The first kappa shape index (κ1) is 13.9. The zero-order valence-electron chi connectivity index (χ0n) is 10.8. The number of aryl methyl sites for hydroxylation is 1. The fourth-order valence-electron chi connectivity index (χ4n) is 2.21. The van der Waals surface area contributed by atoms with E-state index >= 15 is 0 Å². The maximum absolute atomic E-state index is 12.6. The highest BCUT2D eigenvalue weighted by Crippen LogP contribution is 2.33. The maximum Gasteiger partial charge on any atom is 0.416 e. The average Bonchev–Trinajstić information content (AvgIpc) is 2.77. The van der Waals surface area contributed by atoms with E-state index < -0.39 is 11.7 Å². The minimum atomic E-state index is -4.34. The Morgan fingerprint density at radius 1 is 1.10 bits per heavy atom. The summed E-state index contributed by atoms with van der Waals surface area (Å²) < 4.78 is 39.5. The molecular formula is C14H9ClF3N3. The van der Waals surface area contributed by atoms with E-state index in [1.54, 1.807) is 17.7 Å². The van der Waals surface area contributed by atoms with Crippen LogP contribution in [0, 0.1) is 0 Å². The quantitative estimate of drug-likeness (QED) is 0.627. The third-order valence-electron chi connectivity index (χ3n) is 3.28. The minimum absolute atomic E-state index is 0.314. The predicted molar refractivity (Wildman–Crippen MR) is 74.0 cm³/mol. The molecule has 0 atom stereocenters. The summed E-state index contributed by atoms with van der Waals surface area (Å²) in [6.45, 7) is 0. The van der Waals surface area contributed by atoms with E-state index in [1.807, 2.05) is 0 Å². The van der Waals surface area contributed by atoms with Crippen LogP contribution < -0.4 is 0 Å². The van der Waals surface area contributed by atoms with Crippen LogP contribution in [0.3, 0.4) is 0 Å². The van der Waals surface area contributed by atoms with Crippen molar-refractivity contribution in [2.75, 3.05) is 0 Å². The summed E-state index contributed by atoms with van der Waals surface area (Å²) in [5.41, 5.74) is 1.33. The maximum atomic E-state index is 12.6. The molecule has 0 bridgehead atoms. The molecule has 0 fully saturated rings. The summed E-state index contributed by atoms with van der Waals surface area (Å²) in [7, 11) is 1.78. The van der Waals surface area contributed by atoms with Crippen molar-refractivity contribution >= 4 is 22.6 Å². The van der Waals surface area contributed by atoms with Gasteiger partial charge in [0.05, 0.1) is 16.6 Å². The van der Waals surface area contributed by atoms with Gasteiger partial charge in [-0.2, -0.15) is 13.2 Å². The molecule has 21 heavy (non-hydrogen) atoms. The van der Waals surface area contributed by atoms with Gasteiger partial charge in [0.2, 0.25) is 0 Å². The standard InChI is InChI=1S/C14H9ClF3N3/c1-21-11(6-10-12(15)19-7-20-13(10)21)8-2-4-9(5-3-8)14(16,17)18/h2-7H,1H3. The summed E-state index contributed by atoms with van der Waals surface area (Å²) in [6, 6.07) is 6.73. The van der Waals surface area contributed by atoms with Crippen LogP contribution in [0.25, 0.3) is 22.3 Å². The number of rotatable bonds is 1. The molecule has 3 rings (SSSR count). The number of halogens is 4. The summed E-state index contributed by atoms with van der Waals surface area (Å²) in [4.78, 5) is 8.03. The molecule has 0 N–H and O–H groups in total. The summed E-state index contributed by atoms with van der Waals surface area (Å²) in [5.74, 6) is 0. The lowest BCUT2D eigenvalue weighted by atomic mass is 10.1. The second-order valence-corrected chi connectivity index (χ2v) is 4.92. The molecule has 0 amide bonds. The topological polar surface area (TPSA) is 30.7 Å². The van der Waals surface area contributed by atoms with E-state index in [0.29, 0.717) is 21.7 Å². The zero-order chi connectivity index (χ0) is 15.2. The fourth-order valence-corrected chi connectivity index (χ4v) is 2.39. The highest BCUT2D eigenvalue weighted by molar-refractivity contribution is 6.34. The monoisotopic (exact) mass is 311 g/mol. The van der Waals surface area contributed by atoms with Crippen molar-refractivity contribution < 1.29 is 13.2 Å². The number of nitrogens with zero attached hydrogens (tertiary/aromatic N) is 3. The second kappa shape index (κ2) is 4.73. The Morgan fingerprint density at radius 3 is 2.33 bits per heavy atom. The second-order valence-electron chi connectivity index (χ2n) is 4.57. The Balaban J connectivity index is 2.13. The largest absolute Gasteiger partial charge is 0.416 e. The van der Waals surface area contributed by atoms with Crippen LogP contribution in [0.4, 0.5) is 13.2 Å². The molecule has 0 aliphatic rings. The van der Waals surface area contributed by atoms with E-state index in [4.69, 9.17) is 11.6 Å². The van der Waals surface area contributed by atoms with Gasteiger partial charge in [0.15, 0.2) is 0 Å². The molecule has 0 saturated heterocycles. The molecule has 0 radical (unpaired) electrons. The lowest BCUT2D eigenvalue weighted by Gasteiger charge is -2.08. The lowest BCUT2D eigenvalue weighted by molar-refractivity contribution is -0.137. The Kier molecular flexibility index (Phi) is 3.13. The van der Waals surface area contributed by atoms with Crippen LogP contribution in [0.1, 0.15) is 5.56 Å². The number of alkyl halides is 3. The smallest absolute Gasteiger partial charge is 0.328 e. The fraction of sp³-hybridized carbons (Fsp3) is 0.143. The van der Waals surface area contributed by atoms with E-state index in [-0.39, 0.29) is 0 Å². The SMILES string of the molecule is Cn1c(-c2ccc(C(F)(F)F)cc2)cc2c(Cl)ncnc21. The van der Waals surface area contributed by atoms with Gasteiger partial charge in [-0.15, -0.1) is 0 Å². The van der Waals surface area contributed by atoms with Gasteiger partial charge in [-0.05, 0) is 23.8 Å². The number of fused-ring (bicyclic) bond motifs is 1. The van der Waals surface area contributed by atoms with Crippen LogP contribution in [-0.2, 0) is 13.2 Å². The first-order valence-electron chi connectivity index (χ1n) is 6.01. The number of benzene rings is 1. The van der Waals surface area contributed by atoms with Gasteiger partial charge < -0.3 is 4.57 Å². The molecule has 0 aliphatic heterocycles. The van der Waals surface area contributed by atoms with Gasteiger partial charge in [0, 0.05) is 7.05 Å². The number of hydrogen-bond acceptors (Lipinski definition) is 2. The van der Waals surface area contributed by atoms with Crippen LogP contribution >= 0.6 is 11.6 Å². The van der Waals surface area contributed by atoms with Crippen LogP contribution in [0.15, 0.2) is 36.7 Å². The van der Waals surface area contributed by atoms with Crippen molar-refractivity contribution in [3.8, 4) is 11.3 Å². The average molecular weight is 312 g/mol. The van der Waals surface area contributed by atoms with E-state index in [1.165, 1.54) is 18.5 Å².